The van der Waals surface area contributed by atoms with Gasteiger partial charge < -0.3 is 5.32 Å². The number of nitrogens with one attached hydrogen (secondary N) is 1. The predicted octanol–water partition coefficient (Wildman–Crippen LogP) is 2.18. The number of rotatable bonds is 2. The summed E-state index contributed by atoms with van der Waals surface area (Å²) < 4.78 is 34.7. The SMILES string of the molecule is CC(C)(C)CNCC(F)(F)F. The predicted molar refractivity (Wildman–Crippen MR) is 38.4 cm³/mol. The Kier molecular flexibility index (Phi) is 3.35. The lowest BCUT2D eigenvalue weighted by Gasteiger charge is -2.19. The van der Waals surface area contributed by atoms with Gasteiger partial charge in [-0.15, -0.1) is 0 Å². The van der Waals surface area contributed by atoms with Crippen LogP contribution in [0.3, 0.4) is 0 Å². The molecule has 11 heavy (non-hydrogen) atoms. The molecule has 0 aliphatic carbocycles. The Labute approximate surface area is 65.0 Å². The first-order valence-corrected chi connectivity index (χ1v) is 3.48. The molecule has 0 heterocycles. The van der Waals surface area contributed by atoms with Gasteiger partial charge in [-0.25, -0.2) is 0 Å². The minimum Gasteiger partial charge on any atom is -0.308 e. The first kappa shape index (κ1) is 10.8. The molecule has 0 bridgehead atoms. The van der Waals surface area contributed by atoms with Gasteiger partial charge in [0.2, 0.25) is 0 Å². The minimum absolute atomic E-state index is 0.0920. The molecule has 0 aliphatic heterocycles. The summed E-state index contributed by atoms with van der Waals surface area (Å²) in [5, 5.41) is 2.34. The van der Waals surface area contributed by atoms with Gasteiger partial charge in [-0.1, -0.05) is 20.8 Å². The van der Waals surface area contributed by atoms with Gasteiger partial charge in [0.05, 0.1) is 6.54 Å². The summed E-state index contributed by atoms with van der Waals surface area (Å²) in [5.74, 6) is 0. The molecule has 0 rings (SSSR count). The van der Waals surface area contributed by atoms with Crippen LogP contribution in [0.4, 0.5) is 13.2 Å². The number of halogens is 3. The molecular weight excluding hydrogens is 155 g/mol. The zero-order valence-electron chi connectivity index (χ0n) is 7.05. The van der Waals surface area contributed by atoms with E-state index in [1.165, 1.54) is 0 Å². The molecule has 0 fully saturated rings. The van der Waals surface area contributed by atoms with Crippen LogP contribution in [0.15, 0.2) is 0 Å². The third-order valence-electron chi connectivity index (χ3n) is 0.981. The molecule has 0 spiro atoms. The average molecular weight is 169 g/mol. The van der Waals surface area contributed by atoms with Gasteiger partial charge in [-0.05, 0) is 5.41 Å². The second-order valence-electron chi connectivity index (χ2n) is 3.78. The Hall–Kier alpha value is -0.250. The summed E-state index contributed by atoms with van der Waals surface area (Å²) in [4.78, 5) is 0. The second-order valence-corrected chi connectivity index (χ2v) is 3.78. The van der Waals surface area contributed by atoms with Gasteiger partial charge in [0.15, 0.2) is 0 Å². The molecule has 1 nitrogen and oxygen atoms in total. The standard InChI is InChI=1S/C7H14F3N/c1-6(2,3)4-11-5-7(8,9)10/h11H,4-5H2,1-3H3. The van der Waals surface area contributed by atoms with Crippen LogP contribution in [-0.2, 0) is 0 Å². The quantitative estimate of drug-likeness (QED) is 0.668. The molecule has 4 heteroatoms. The van der Waals surface area contributed by atoms with E-state index in [1.807, 2.05) is 20.8 Å². The highest BCUT2D eigenvalue weighted by Crippen LogP contribution is 2.14. The molecule has 0 aromatic carbocycles. The van der Waals surface area contributed by atoms with E-state index < -0.39 is 12.7 Å². The monoisotopic (exact) mass is 169 g/mol. The Morgan fingerprint density at radius 2 is 1.45 bits per heavy atom. The van der Waals surface area contributed by atoms with E-state index in [0.717, 1.165) is 0 Å². The van der Waals surface area contributed by atoms with Crippen LogP contribution in [-0.4, -0.2) is 19.3 Å². The molecular formula is C7H14F3N. The maximum Gasteiger partial charge on any atom is 0.401 e. The van der Waals surface area contributed by atoms with Gasteiger partial charge in [0, 0.05) is 6.54 Å². The summed E-state index contributed by atoms with van der Waals surface area (Å²) >= 11 is 0. The third kappa shape index (κ3) is 9.75. The Bertz CT molecular complexity index is 97.8. The summed E-state index contributed by atoms with van der Waals surface area (Å²) in [5.41, 5.74) is -0.0920. The van der Waals surface area contributed by atoms with Crippen molar-refractivity contribution in [2.24, 2.45) is 5.41 Å². The molecule has 0 radical (unpaired) electrons. The molecule has 0 aliphatic rings. The van der Waals surface area contributed by atoms with Crippen molar-refractivity contribution in [1.82, 2.24) is 5.32 Å². The highest BCUT2D eigenvalue weighted by molar-refractivity contribution is 4.66. The topological polar surface area (TPSA) is 12.0 Å². The van der Waals surface area contributed by atoms with Gasteiger partial charge in [0.25, 0.3) is 0 Å². The lowest BCUT2D eigenvalue weighted by atomic mass is 9.97. The Balaban J connectivity index is 3.44. The van der Waals surface area contributed by atoms with E-state index in [2.05, 4.69) is 5.32 Å². The summed E-state index contributed by atoms with van der Waals surface area (Å²) in [7, 11) is 0. The zero-order valence-corrected chi connectivity index (χ0v) is 7.05. The van der Waals surface area contributed by atoms with Crippen LogP contribution in [0.2, 0.25) is 0 Å². The number of hydrogen-bond acceptors (Lipinski definition) is 1. The number of hydrogen-bond donors (Lipinski definition) is 1. The van der Waals surface area contributed by atoms with Crippen LogP contribution >= 0.6 is 0 Å². The molecule has 0 atom stereocenters. The van der Waals surface area contributed by atoms with Crippen molar-refractivity contribution >= 4 is 0 Å². The van der Waals surface area contributed by atoms with Crippen molar-refractivity contribution < 1.29 is 13.2 Å². The normalized spacial score (nSPS) is 13.6. The molecule has 0 aromatic rings. The van der Waals surface area contributed by atoms with E-state index in [-0.39, 0.29) is 5.41 Å². The fraction of sp³-hybridized carbons (Fsp3) is 1.00. The first-order valence-electron chi connectivity index (χ1n) is 3.48. The smallest absolute Gasteiger partial charge is 0.308 e. The van der Waals surface area contributed by atoms with Crippen molar-refractivity contribution in [3.63, 3.8) is 0 Å². The lowest BCUT2D eigenvalue weighted by molar-refractivity contribution is -0.125. The highest BCUT2D eigenvalue weighted by atomic mass is 19.4. The molecule has 0 amide bonds. The van der Waals surface area contributed by atoms with E-state index in [0.29, 0.717) is 6.54 Å². The molecule has 0 saturated carbocycles. The zero-order chi connectivity index (χ0) is 9.12. The maximum absolute atomic E-state index is 11.6. The van der Waals surface area contributed by atoms with Gasteiger partial charge in [-0.2, -0.15) is 13.2 Å². The minimum atomic E-state index is -4.09. The Morgan fingerprint density at radius 3 is 1.73 bits per heavy atom. The fourth-order valence-electron chi connectivity index (χ4n) is 0.579. The van der Waals surface area contributed by atoms with Crippen LogP contribution in [0, 0.1) is 5.41 Å². The van der Waals surface area contributed by atoms with Crippen molar-refractivity contribution in [2.45, 2.75) is 26.9 Å². The van der Waals surface area contributed by atoms with Crippen LogP contribution in [0.5, 0.6) is 0 Å². The van der Waals surface area contributed by atoms with Crippen LogP contribution in [0.1, 0.15) is 20.8 Å². The Morgan fingerprint density at radius 1 is 1.00 bits per heavy atom. The van der Waals surface area contributed by atoms with Crippen molar-refractivity contribution in [2.75, 3.05) is 13.1 Å². The first-order chi connectivity index (χ1) is 4.71. The molecule has 1 N–H and O–H groups in total. The highest BCUT2D eigenvalue weighted by Gasteiger charge is 2.26. The largest absolute Gasteiger partial charge is 0.401 e. The fourth-order valence-corrected chi connectivity index (χ4v) is 0.579. The molecule has 0 saturated heterocycles. The van der Waals surface area contributed by atoms with E-state index in [1.54, 1.807) is 0 Å². The van der Waals surface area contributed by atoms with E-state index in [4.69, 9.17) is 0 Å². The van der Waals surface area contributed by atoms with Gasteiger partial charge >= 0.3 is 6.18 Å². The average Bonchev–Trinajstić information content (AvgIpc) is 1.55. The van der Waals surface area contributed by atoms with Gasteiger partial charge in [-0.3, -0.25) is 0 Å². The van der Waals surface area contributed by atoms with Crippen molar-refractivity contribution in [3.8, 4) is 0 Å². The van der Waals surface area contributed by atoms with E-state index >= 15 is 0 Å². The van der Waals surface area contributed by atoms with E-state index in [9.17, 15) is 13.2 Å². The maximum atomic E-state index is 11.6. The second kappa shape index (κ2) is 3.43. The number of alkyl halides is 3. The van der Waals surface area contributed by atoms with Crippen LogP contribution in [0.25, 0.3) is 0 Å². The molecule has 0 aromatic heterocycles. The lowest BCUT2D eigenvalue weighted by Crippen LogP contribution is -2.34. The van der Waals surface area contributed by atoms with Crippen LogP contribution < -0.4 is 5.32 Å². The third-order valence-corrected chi connectivity index (χ3v) is 0.981. The van der Waals surface area contributed by atoms with Crippen molar-refractivity contribution in [1.29, 1.82) is 0 Å². The summed E-state index contributed by atoms with van der Waals surface area (Å²) in [6.45, 7) is 5.14. The summed E-state index contributed by atoms with van der Waals surface area (Å²) in [6.07, 6.45) is -4.09. The summed E-state index contributed by atoms with van der Waals surface area (Å²) in [6, 6.07) is 0. The van der Waals surface area contributed by atoms with Gasteiger partial charge in [0.1, 0.15) is 0 Å². The molecule has 68 valence electrons. The van der Waals surface area contributed by atoms with Crippen molar-refractivity contribution in [3.05, 3.63) is 0 Å². The molecule has 0 unspecified atom stereocenters.